The molecule has 1 heterocycles. The maximum absolute atomic E-state index is 9.02. The van der Waals surface area contributed by atoms with Crippen molar-refractivity contribution in [3.05, 3.63) is 34.9 Å². The van der Waals surface area contributed by atoms with Gasteiger partial charge in [0.2, 0.25) is 0 Å². The molecule has 0 bridgehead atoms. The third-order valence-electron chi connectivity index (χ3n) is 2.40. The Morgan fingerprint density at radius 1 is 1.58 bits per heavy atom. The Kier molecular flexibility index (Phi) is 1.87. The van der Waals surface area contributed by atoms with E-state index in [1.807, 2.05) is 0 Å². The third-order valence-corrected chi connectivity index (χ3v) is 2.40. The van der Waals surface area contributed by atoms with Crippen LogP contribution in [0.2, 0.25) is 0 Å². The highest BCUT2D eigenvalue weighted by atomic mass is 16.3. The van der Waals surface area contributed by atoms with Crippen molar-refractivity contribution < 1.29 is 5.11 Å². The lowest BCUT2D eigenvalue weighted by Gasteiger charge is -2.07. The number of rotatable bonds is 1. The third kappa shape index (κ3) is 1.13. The first-order chi connectivity index (χ1) is 5.81. The van der Waals surface area contributed by atoms with Crippen LogP contribution in [0.25, 0.3) is 0 Å². The minimum Gasteiger partial charge on any atom is -0.394 e. The summed E-state index contributed by atoms with van der Waals surface area (Å²) in [6.45, 7) is 3.17. The molecule has 1 aromatic rings. The molecule has 0 amide bonds. The number of aryl methyl sites for hydroxylation is 1. The van der Waals surface area contributed by atoms with Crippen molar-refractivity contribution in [1.29, 1.82) is 0 Å². The number of hydrogen-bond donors (Lipinski definition) is 2. The summed E-state index contributed by atoms with van der Waals surface area (Å²) in [6, 6.07) is 6.53. The summed E-state index contributed by atoms with van der Waals surface area (Å²) in [7, 11) is 0. The maximum atomic E-state index is 9.02. The van der Waals surface area contributed by atoms with Crippen molar-refractivity contribution in [3.63, 3.8) is 0 Å². The fraction of sp³-hybridized carbons (Fsp3) is 0.400. The minimum absolute atomic E-state index is 0.153. The van der Waals surface area contributed by atoms with E-state index in [2.05, 4.69) is 30.4 Å². The molecule has 0 fully saturated rings. The molecule has 0 radical (unpaired) electrons. The van der Waals surface area contributed by atoms with Gasteiger partial charge in [0, 0.05) is 6.54 Å². The highest BCUT2D eigenvalue weighted by Gasteiger charge is 2.19. The second kappa shape index (κ2) is 2.88. The molecule has 0 spiro atoms. The van der Waals surface area contributed by atoms with Crippen LogP contribution in [-0.4, -0.2) is 11.7 Å². The van der Waals surface area contributed by atoms with Gasteiger partial charge in [-0.15, -0.1) is 0 Å². The summed E-state index contributed by atoms with van der Waals surface area (Å²) in [5.41, 5.74) is 3.87. The first-order valence-electron chi connectivity index (χ1n) is 4.25. The van der Waals surface area contributed by atoms with E-state index in [0.717, 1.165) is 6.54 Å². The van der Waals surface area contributed by atoms with E-state index in [9.17, 15) is 0 Å². The molecule has 1 aliphatic rings. The SMILES string of the molecule is Cc1ccc2c(c1)CN[C@H]2CO. The zero-order valence-electron chi connectivity index (χ0n) is 7.17. The van der Waals surface area contributed by atoms with Crippen molar-refractivity contribution in [2.75, 3.05) is 6.61 Å². The number of nitrogens with one attached hydrogen (secondary N) is 1. The molecule has 1 aromatic carbocycles. The van der Waals surface area contributed by atoms with E-state index >= 15 is 0 Å². The van der Waals surface area contributed by atoms with Gasteiger partial charge in [-0.1, -0.05) is 23.8 Å². The van der Waals surface area contributed by atoms with Crippen LogP contribution in [0.1, 0.15) is 22.7 Å². The lowest BCUT2D eigenvalue weighted by atomic mass is 10.0. The second-order valence-electron chi connectivity index (χ2n) is 3.32. The van der Waals surface area contributed by atoms with E-state index in [1.165, 1.54) is 16.7 Å². The molecule has 2 heteroatoms. The molecule has 12 heavy (non-hydrogen) atoms. The summed E-state index contributed by atoms with van der Waals surface area (Å²) in [4.78, 5) is 0. The fourth-order valence-electron chi connectivity index (χ4n) is 1.73. The van der Waals surface area contributed by atoms with Crippen molar-refractivity contribution in [2.45, 2.75) is 19.5 Å². The number of aliphatic hydroxyl groups excluding tert-OH is 1. The molecule has 0 unspecified atom stereocenters. The first-order valence-corrected chi connectivity index (χ1v) is 4.25. The number of aliphatic hydroxyl groups is 1. The summed E-state index contributed by atoms with van der Waals surface area (Å²) in [5.74, 6) is 0. The van der Waals surface area contributed by atoms with Crippen LogP contribution in [0.4, 0.5) is 0 Å². The van der Waals surface area contributed by atoms with Gasteiger partial charge in [0.15, 0.2) is 0 Å². The molecule has 1 aliphatic heterocycles. The molecule has 0 saturated carbocycles. The van der Waals surface area contributed by atoms with Crippen LogP contribution in [-0.2, 0) is 6.54 Å². The van der Waals surface area contributed by atoms with Crippen molar-refractivity contribution in [3.8, 4) is 0 Å². The van der Waals surface area contributed by atoms with Gasteiger partial charge in [0.25, 0.3) is 0 Å². The largest absolute Gasteiger partial charge is 0.394 e. The van der Waals surface area contributed by atoms with Gasteiger partial charge in [-0.25, -0.2) is 0 Å². The van der Waals surface area contributed by atoms with Crippen molar-refractivity contribution in [1.82, 2.24) is 5.32 Å². The Morgan fingerprint density at radius 3 is 3.17 bits per heavy atom. The van der Waals surface area contributed by atoms with Gasteiger partial charge in [-0.2, -0.15) is 0 Å². The second-order valence-corrected chi connectivity index (χ2v) is 3.32. The van der Waals surface area contributed by atoms with Gasteiger partial charge in [-0.3, -0.25) is 0 Å². The van der Waals surface area contributed by atoms with Crippen molar-refractivity contribution in [2.24, 2.45) is 0 Å². The predicted octanol–water partition coefficient (Wildman–Crippen LogP) is 1.13. The predicted molar refractivity (Wildman–Crippen MR) is 47.8 cm³/mol. The Hall–Kier alpha value is -0.860. The first kappa shape index (κ1) is 7.77. The Bertz CT molecular complexity index is 296. The van der Waals surface area contributed by atoms with Gasteiger partial charge >= 0.3 is 0 Å². The van der Waals surface area contributed by atoms with E-state index in [4.69, 9.17) is 5.11 Å². The van der Waals surface area contributed by atoms with Crippen LogP contribution < -0.4 is 5.32 Å². The Labute approximate surface area is 72.2 Å². The maximum Gasteiger partial charge on any atom is 0.0626 e. The van der Waals surface area contributed by atoms with Gasteiger partial charge in [0.1, 0.15) is 0 Å². The molecule has 0 aromatic heterocycles. The summed E-state index contributed by atoms with van der Waals surface area (Å²) in [6.07, 6.45) is 0. The molecule has 0 aliphatic carbocycles. The highest BCUT2D eigenvalue weighted by Crippen LogP contribution is 2.25. The summed E-state index contributed by atoms with van der Waals surface area (Å²) >= 11 is 0. The lowest BCUT2D eigenvalue weighted by Crippen LogP contribution is -2.15. The summed E-state index contributed by atoms with van der Waals surface area (Å²) < 4.78 is 0. The topological polar surface area (TPSA) is 32.3 Å². The zero-order valence-corrected chi connectivity index (χ0v) is 7.17. The van der Waals surface area contributed by atoms with Crippen LogP contribution in [0.15, 0.2) is 18.2 Å². The molecular weight excluding hydrogens is 150 g/mol. The van der Waals surface area contributed by atoms with Crippen LogP contribution in [0, 0.1) is 6.92 Å². The highest BCUT2D eigenvalue weighted by molar-refractivity contribution is 5.36. The minimum atomic E-state index is 0.153. The molecule has 2 nitrogen and oxygen atoms in total. The monoisotopic (exact) mass is 163 g/mol. The van der Waals surface area contributed by atoms with Gasteiger partial charge < -0.3 is 10.4 Å². The van der Waals surface area contributed by atoms with E-state index in [-0.39, 0.29) is 12.6 Å². The van der Waals surface area contributed by atoms with Gasteiger partial charge in [0.05, 0.1) is 12.6 Å². The average molecular weight is 163 g/mol. The van der Waals surface area contributed by atoms with E-state index in [0.29, 0.717) is 0 Å². The normalized spacial score (nSPS) is 21.0. The Morgan fingerprint density at radius 2 is 2.42 bits per heavy atom. The smallest absolute Gasteiger partial charge is 0.0626 e. The molecule has 0 saturated heterocycles. The quantitative estimate of drug-likeness (QED) is 0.650. The van der Waals surface area contributed by atoms with Crippen LogP contribution >= 0.6 is 0 Å². The molecule has 64 valence electrons. The fourth-order valence-corrected chi connectivity index (χ4v) is 1.73. The average Bonchev–Trinajstić information content (AvgIpc) is 2.46. The lowest BCUT2D eigenvalue weighted by molar-refractivity contribution is 0.251. The molecule has 2 N–H and O–H groups in total. The van der Waals surface area contributed by atoms with Crippen LogP contribution in [0.5, 0.6) is 0 Å². The molecule has 1 atom stereocenters. The standard InChI is InChI=1S/C10H13NO/c1-7-2-3-9-8(4-7)5-11-10(9)6-12/h2-4,10-12H,5-6H2,1H3/t10-/m0/s1. The molecule has 2 rings (SSSR count). The van der Waals surface area contributed by atoms with Crippen molar-refractivity contribution >= 4 is 0 Å². The van der Waals surface area contributed by atoms with E-state index < -0.39 is 0 Å². The number of hydrogen-bond acceptors (Lipinski definition) is 2. The number of fused-ring (bicyclic) bond motifs is 1. The number of benzene rings is 1. The Balaban J connectivity index is 2.40. The summed E-state index contributed by atoms with van der Waals surface area (Å²) in [5, 5.41) is 12.3. The van der Waals surface area contributed by atoms with Gasteiger partial charge in [-0.05, 0) is 18.1 Å². The molecular formula is C10H13NO. The zero-order chi connectivity index (χ0) is 8.55. The van der Waals surface area contributed by atoms with Crippen LogP contribution in [0.3, 0.4) is 0 Å². The van der Waals surface area contributed by atoms with E-state index in [1.54, 1.807) is 0 Å².